The van der Waals surface area contributed by atoms with Gasteiger partial charge in [0.15, 0.2) is 0 Å². The van der Waals surface area contributed by atoms with E-state index in [1.54, 1.807) is 0 Å². The zero-order valence-electron chi connectivity index (χ0n) is 12.0. The van der Waals surface area contributed by atoms with Gasteiger partial charge in [0.05, 0.1) is 22.3 Å². The Morgan fingerprint density at radius 2 is 2.14 bits per heavy atom. The van der Waals surface area contributed by atoms with Gasteiger partial charge in [-0.3, -0.25) is 19.7 Å². The fourth-order valence-electron chi connectivity index (χ4n) is 1.93. The number of carboxylic acid groups (broad SMARTS) is 1. The Balaban J connectivity index is 2.62. The molecule has 0 bridgehead atoms. The number of carbonyl (C=O) groups excluding carboxylic acids is 1. The Labute approximate surface area is 132 Å². The molecule has 120 valence electrons. The van der Waals surface area contributed by atoms with Crippen molar-refractivity contribution in [2.24, 2.45) is 5.92 Å². The number of nitro benzene ring substituents is 1. The van der Waals surface area contributed by atoms with E-state index >= 15 is 0 Å². The predicted octanol–water partition coefficient (Wildman–Crippen LogP) is 2.41. The quantitative estimate of drug-likeness (QED) is 0.562. The van der Waals surface area contributed by atoms with Crippen molar-refractivity contribution in [1.29, 1.82) is 0 Å². The number of hydrogen-bond acceptors (Lipinski definition) is 4. The van der Waals surface area contributed by atoms with Crippen molar-refractivity contribution in [2.45, 2.75) is 26.2 Å². The van der Waals surface area contributed by atoms with Gasteiger partial charge in [-0.2, -0.15) is 0 Å². The fraction of sp³-hybridized carbons (Fsp3) is 0.429. The average molecular weight is 329 g/mol. The summed E-state index contributed by atoms with van der Waals surface area (Å²) in [7, 11) is 0. The number of amides is 1. The molecule has 8 heteroatoms. The molecular weight excluding hydrogens is 312 g/mol. The molecular formula is C14H17ClN2O5. The number of nitrogens with zero attached hydrogens (tertiary/aromatic N) is 1. The third-order valence-corrected chi connectivity index (χ3v) is 3.48. The maximum Gasteiger partial charge on any atom is 0.308 e. The Kier molecular flexibility index (Phi) is 6.78. The number of aliphatic carboxylic acids is 1. The molecule has 7 nitrogen and oxygen atoms in total. The summed E-state index contributed by atoms with van der Waals surface area (Å²) in [6.07, 6.45) is 1.13. The summed E-state index contributed by atoms with van der Waals surface area (Å²) in [4.78, 5) is 32.8. The molecule has 22 heavy (non-hydrogen) atoms. The minimum atomic E-state index is -0.949. The van der Waals surface area contributed by atoms with Crippen LogP contribution in [-0.2, 0) is 16.0 Å². The van der Waals surface area contributed by atoms with Crippen molar-refractivity contribution < 1.29 is 19.6 Å². The molecule has 0 heterocycles. The molecule has 0 fully saturated rings. The van der Waals surface area contributed by atoms with Gasteiger partial charge in [-0.25, -0.2) is 0 Å². The highest BCUT2D eigenvalue weighted by molar-refractivity contribution is 6.31. The lowest BCUT2D eigenvalue weighted by molar-refractivity contribution is -0.384. The molecule has 0 aliphatic heterocycles. The van der Waals surface area contributed by atoms with Crippen molar-refractivity contribution in [3.05, 3.63) is 38.9 Å². The summed E-state index contributed by atoms with van der Waals surface area (Å²) in [5.41, 5.74) is 0.301. The zero-order chi connectivity index (χ0) is 16.7. The minimum absolute atomic E-state index is 0.0482. The van der Waals surface area contributed by atoms with Crippen LogP contribution in [0.5, 0.6) is 0 Å². The second kappa shape index (κ2) is 8.33. The number of hydrogen-bond donors (Lipinski definition) is 2. The summed E-state index contributed by atoms with van der Waals surface area (Å²) in [6.45, 7) is 1.92. The first-order chi connectivity index (χ1) is 10.3. The minimum Gasteiger partial charge on any atom is -0.481 e. The van der Waals surface area contributed by atoms with Crippen molar-refractivity contribution in [1.82, 2.24) is 5.32 Å². The summed E-state index contributed by atoms with van der Waals surface area (Å²) >= 11 is 5.90. The molecule has 1 unspecified atom stereocenters. The fourth-order valence-corrected chi connectivity index (χ4v) is 2.17. The van der Waals surface area contributed by atoms with Gasteiger partial charge in [-0.15, -0.1) is 0 Å². The van der Waals surface area contributed by atoms with Gasteiger partial charge in [0, 0.05) is 18.7 Å². The van der Waals surface area contributed by atoms with E-state index in [9.17, 15) is 19.7 Å². The van der Waals surface area contributed by atoms with E-state index in [0.717, 1.165) is 0 Å². The van der Waals surface area contributed by atoms with Gasteiger partial charge in [0.1, 0.15) is 0 Å². The standard InChI is InChI=1S/C14H17ClN2O5/c1-2-3-10(14(19)20)8-16-13(18)6-9-4-5-11(17(21)22)7-12(9)15/h4-5,7,10H,2-3,6,8H2,1H3,(H,16,18)(H,19,20). The SMILES string of the molecule is CCCC(CNC(=O)Cc1ccc([N+](=O)[O-])cc1Cl)C(=O)O. The maximum atomic E-state index is 11.8. The van der Waals surface area contributed by atoms with Crippen LogP contribution in [0.25, 0.3) is 0 Å². The normalized spacial score (nSPS) is 11.7. The largest absolute Gasteiger partial charge is 0.481 e. The predicted molar refractivity (Wildman–Crippen MR) is 80.9 cm³/mol. The molecule has 1 aromatic carbocycles. The van der Waals surface area contributed by atoms with Crippen LogP contribution < -0.4 is 5.32 Å². The molecule has 1 amide bonds. The number of rotatable bonds is 8. The highest BCUT2D eigenvalue weighted by Crippen LogP contribution is 2.22. The second-order valence-electron chi connectivity index (χ2n) is 4.84. The first-order valence-corrected chi connectivity index (χ1v) is 7.15. The van der Waals surface area contributed by atoms with E-state index < -0.39 is 16.8 Å². The molecule has 0 spiro atoms. The number of benzene rings is 1. The Bertz CT molecular complexity index is 576. The number of nitrogens with one attached hydrogen (secondary N) is 1. The first kappa shape index (κ1) is 17.9. The molecule has 2 N–H and O–H groups in total. The van der Waals surface area contributed by atoms with E-state index in [2.05, 4.69) is 5.32 Å². The van der Waals surface area contributed by atoms with E-state index in [1.807, 2.05) is 6.92 Å². The molecule has 0 aliphatic rings. The van der Waals surface area contributed by atoms with Crippen molar-refractivity contribution in [3.63, 3.8) is 0 Å². The van der Waals surface area contributed by atoms with Crippen LogP contribution in [0.4, 0.5) is 5.69 Å². The number of carbonyl (C=O) groups is 2. The smallest absolute Gasteiger partial charge is 0.308 e. The number of halogens is 1. The molecule has 0 radical (unpaired) electrons. The van der Waals surface area contributed by atoms with Gasteiger partial charge in [-0.1, -0.05) is 31.0 Å². The summed E-state index contributed by atoms with van der Waals surface area (Å²) in [6, 6.07) is 3.87. The topological polar surface area (TPSA) is 110 Å². The lowest BCUT2D eigenvalue weighted by atomic mass is 10.0. The van der Waals surface area contributed by atoms with Crippen molar-refractivity contribution >= 4 is 29.2 Å². The highest BCUT2D eigenvalue weighted by atomic mass is 35.5. The number of nitro groups is 1. The third kappa shape index (κ3) is 5.33. The lowest BCUT2D eigenvalue weighted by Gasteiger charge is -2.12. The Morgan fingerprint density at radius 3 is 2.64 bits per heavy atom. The van der Waals surface area contributed by atoms with E-state index in [0.29, 0.717) is 18.4 Å². The third-order valence-electron chi connectivity index (χ3n) is 3.13. The van der Waals surface area contributed by atoms with Gasteiger partial charge in [0.25, 0.3) is 5.69 Å². The Morgan fingerprint density at radius 1 is 1.45 bits per heavy atom. The molecule has 0 saturated carbocycles. The highest BCUT2D eigenvalue weighted by Gasteiger charge is 2.18. The van der Waals surface area contributed by atoms with Crippen LogP contribution in [-0.4, -0.2) is 28.5 Å². The lowest BCUT2D eigenvalue weighted by Crippen LogP contribution is -2.33. The monoisotopic (exact) mass is 328 g/mol. The van der Waals surface area contributed by atoms with E-state index in [1.165, 1.54) is 18.2 Å². The molecule has 0 aromatic heterocycles. The van der Waals surface area contributed by atoms with Crippen LogP contribution in [0.3, 0.4) is 0 Å². The molecule has 0 aliphatic carbocycles. The number of carboxylic acids is 1. The van der Waals surface area contributed by atoms with Gasteiger partial charge in [-0.05, 0) is 12.0 Å². The van der Waals surface area contributed by atoms with Crippen LogP contribution in [0.15, 0.2) is 18.2 Å². The Hall–Kier alpha value is -2.15. The first-order valence-electron chi connectivity index (χ1n) is 6.77. The maximum absolute atomic E-state index is 11.8. The summed E-state index contributed by atoms with van der Waals surface area (Å²) in [5, 5.41) is 22.3. The second-order valence-corrected chi connectivity index (χ2v) is 5.24. The van der Waals surface area contributed by atoms with Crippen molar-refractivity contribution in [3.8, 4) is 0 Å². The molecule has 1 aromatic rings. The van der Waals surface area contributed by atoms with Gasteiger partial charge < -0.3 is 10.4 Å². The van der Waals surface area contributed by atoms with Crippen LogP contribution in [0.2, 0.25) is 5.02 Å². The zero-order valence-corrected chi connectivity index (χ0v) is 12.8. The van der Waals surface area contributed by atoms with Gasteiger partial charge >= 0.3 is 5.97 Å². The van der Waals surface area contributed by atoms with E-state index in [-0.39, 0.29) is 29.6 Å². The number of non-ortho nitro benzene ring substituents is 1. The van der Waals surface area contributed by atoms with E-state index in [4.69, 9.17) is 16.7 Å². The molecule has 1 rings (SSSR count). The molecule has 0 saturated heterocycles. The average Bonchev–Trinajstić information content (AvgIpc) is 2.45. The summed E-state index contributed by atoms with van der Waals surface area (Å²) < 4.78 is 0. The van der Waals surface area contributed by atoms with Gasteiger partial charge in [0.2, 0.25) is 5.91 Å². The van der Waals surface area contributed by atoms with Crippen LogP contribution >= 0.6 is 11.6 Å². The van der Waals surface area contributed by atoms with Crippen molar-refractivity contribution in [2.75, 3.05) is 6.54 Å². The summed E-state index contributed by atoms with van der Waals surface area (Å²) in [5.74, 6) is -1.95. The van der Waals surface area contributed by atoms with Crippen LogP contribution in [0.1, 0.15) is 25.3 Å². The van der Waals surface area contributed by atoms with Crippen LogP contribution in [0, 0.1) is 16.0 Å². The molecule has 1 atom stereocenters.